The molecule has 1 aromatic carbocycles. The Hall–Kier alpha value is -2.37. The number of carbonyl (C=O) groups excluding carboxylic acids is 1. The molecule has 6 nitrogen and oxygen atoms in total. The molecule has 2 heterocycles. The number of carboxylic acid groups (broad SMARTS) is 1. The first kappa shape index (κ1) is 19.4. The van der Waals surface area contributed by atoms with Crippen LogP contribution in [-0.2, 0) is 9.59 Å². The highest BCUT2D eigenvalue weighted by molar-refractivity contribution is 5.77. The maximum Gasteiger partial charge on any atom is 0.303 e. The van der Waals surface area contributed by atoms with Crippen LogP contribution in [0.3, 0.4) is 0 Å². The second kappa shape index (κ2) is 8.55. The van der Waals surface area contributed by atoms with Crippen LogP contribution in [0.25, 0.3) is 11.0 Å². The predicted molar refractivity (Wildman–Crippen MR) is 105 cm³/mol. The average molecular weight is 371 g/mol. The molecule has 1 N–H and O–H groups in total. The molecule has 6 heteroatoms. The summed E-state index contributed by atoms with van der Waals surface area (Å²) in [7, 11) is 0. The van der Waals surface area contributed by atoms with E-state index in [2.05, 4.69) is 24.5 Å². The highest BCUT2D eigenvalue weighted by Crippen LogP contribution is 2.31. The van der Waals surface area contributed by atoms with Gasteiger partial charge in [-0.05, 0) is 51.7 Å². The SMILES string of the molecule is CC(C)n1c(C2CCCN(C(=O)CCCCC(=O)O)C2)nc2ccccc21. The fourth-order valence-electron chi connectivity index (χ4n) is 4.02. The normalized spacial score (nSPS) is 17.6. The lowest BCUT2D eigenvalue weighted by molar-refractivity contribution is -0.137. The summed E-state index contributed by atoms with van der Waals surface area (Å²) in [5.41, 5.74) is 2.16. The molecule has 3 rings (SSSR count). The van der Waals surface area contributed by atoms with Crippen LogP contribution in [0.4, 0.5) is 0 Å². The Morgan fingerprint density at radius 3 is 2.70 bits per heavy atom. The molecule has 1 aliphatic heterocycles. The molecule has 1 unspecified atom stereocenters. The molecule has 1 atom stereocenters. The van der Waals surface area contributed by atoms with Crippen molar-refractivity contribution in [2.75, 3.05) is 13.1 Å². The lowest BCUT2D eigenvalue weighted by Crippen LogP contribution is -2.39. The smallest absolute Gasteiger partial charge is 0.303 e. The Balaban J connectivity index is 1.71. The number of carboxylic acids is 1. The molecule has 0 aliphatic carbocycles. The summed E-state index contributed by atoms with van der Waals surface area (Å²) in [6.45, 7) is 5.83. The number of benzene rings is 1. The summed E-state index contributed by atoms with van der Waals surface area (Å²) in [6.07, 6.45) is 3.78. The van der Waals surface area contributed by atoms with Crippen LogP contribution < -0.4 is 0 Å². The third-order valence-electron chi connectivity index (χ3n) is 5.31. The van der Waals surface area contributed by atoms with Gasteiger partial charge < -0.3 is 14.6 Å². The van der Waals surface area contributed by atoms with Crippen molar-refractivity contribution in [2.24, 2.45) is 0 Å². The van der Waals surface area contributed by atoms with Gasteiger partial charge in [0.25, 0.3) is 0 Å². The van der Waals surface area contributed by atoms with E-state index in [9.17, 15) is 9.59 Å². The molecule has 146 valence electrons. The maximum absolute atomic E-state index is 12.6. The number of para-hydroxylation sites is 2. The van der Waals surface area contributed by atoms with Crippen molar-refractivity contribution in [3.05, 3.63) is 30.1 Å². The van der Waals surface area contributed by atoms with E-state index in [0.717, 1.165) is 36.2 Å². The third kappa shape index (κ3) is 4.49. The Morgan fingerprint density at radius 1 is 1.22 bits per heavy atom. The molecule has 2 aromatic rings. The monoisotopic (exact) mass is 371 g/mol. The summed E-state index contributed by atoms with van der Waals surface area (Å²) in [5.74, 6) is 0.663. The molecule has 0 spiro atoms. The highest BCUT2D eigenvalue weighted by atomic mass is 16.4. The first-order valence-corrected chi connectivity index (χ1v) is 9.93. The lowest BCUT2D eigenvalue weighted by atomic mass is 9.96. The zero-order chi connectivity index (χ0) is 19.4. The largest absolute Gasteiger partial charge is 0.481 e. The Morgan fingerprint density at radius 2 is 1.96 bits per heavy atom. The van der Waals surface area contributed by atoms with Crippen molar-refractivity contribution in [3.8, 4) is 0 Å². The van der Waals surface area contributed by atoms with Gasteiger partial charge in [-0.15, -0.1) is 0 Å². The minimum absolute atomic E-state index is 0.133. The minimum atomic E-state index is -0.798. The van der Waals surface area contributed by atoms with E-state index in [-0.39, 0.29) is 18.2 Å². The number of hydrogen-bond acceptors (Lipinski definition) is 3. The Bertz CT molecular complexity index is 812. The number of hydrogen-bond donors (Lipinski definition) is 1. The van der Waals surface area contributed by atoms with Crippen LogP contribution >= 0.6 is 0 Å². The van der Waals surface area contributed by atoms with E-state index in [4.69, 9.17) is 10.1 Å². The fourth-order valence-corrected chi connectivity index (χ4v) is 4.02. The van der Waals surface area contributed by atoms with Gasteiger partial charge in [0.15, 0.2) is 0 Å². The van der Waals surface area contributed by atoms with Crippen molar-refractivity contribution in [1.82, 2.24) is 14.5 Å². The third-order valence-corrected chi connectivity index (χ3v) is 5.31. The number of fused-ring (bicyclic) bond motifs is 1. The van der Waals surface area contributed by atoms with Crippen LogP contribution in [0.1, 0.15) is 70.2 Å². The van der Waals surface area contributed by atoms with Gasteiger partial charge in [0.05, 0.1) is 11.0 Å². The van der Waals surface area contributed by atoms with Crippen molar-refractivity contribution in [2.45, 2.75) is 64.3 Å². The van der Waals surface area contributed by atoms with E-state index in [1.54, 1.807) is 0 Å². The zero-order valence-corrected chi connectivity index (χ0v) is 16.2. The van der Waals surface area contributed by atoms with Crippen LogP contribution in [0.15, 0.2) is 24.3 Å². The van der Waals surface area contributed by atoms with Crippen molar-refractivity contribution >= 4 is 22.9 Å². The lowest BCUT2D eigenvalue weighted by Gasteiger charge is -2.33. The van der Waals surface area contributed by atoms with Gasteiger partial charge in [0, 0.05) is 37.9 Å². The van der Waals surface area contributed by atoms with Gasteiger partial charge in [0.1, 0.15) is 5.82 Å². The summed E-state index contributed by atoms with van der Waals surface area (Å²) in [6, 6.07) is 8.53. The predicted octanol–water partition coefficient (Wildman–Crippen LogP) is 3.97. The molecular weight excluding hydrogens is 342 g/mol. The van der Waals surface area contributed by atoms with Gasteiger partial charge in [-0.25, -0.2) is 4.98 Å². The van der Waals surface area contributed by atoms with Gasteiger partial charge in [-0.3, -0.25) is 9.59 Å². The summed E-state index contributed by atoms with van der Waals surface area (Å²) < 4.78 is 2.31. The van der Waals surface area contributed by atoms with Gasteiger partial charge in [-0.2, -0.15) is 0 Å². The second-order valence-electron chi connectivity index (χ2n) is 7.70. The van der Waals surface area contributed by atoms with Crippen molar-refractivity contribution in [3.63, 3.8) is 0 Å². The van der Waals surface area contributed by atoms with E-state index in [1.807, 2.05) is 23.1 Å². The molecule has 1 aromatic heterocycles. The minimum Gasteiger partial charge on any atom is -0.481 e. The van der Waals surface area contributed by atoms with Crippen LogP contribution in [0, 0.1) is 0 Å². The number of aromatic nitrogens is 2. The number of amides is 1. The molecular formula is C21H29N3O3. The molecule has 0 radical (unpaired) electrons. The Labute approximate surface area is 160 Å². The first-order chi connectivity index (χ1) is 13.0. The zero-order valence-electron chi connectivity index (χ0n) is 16.2. The number of aliphatic carboxylic acids is 1. The second-order valence-corrected chi connectivity index (χ2v) is 7.70. The van der Waals surface area contributed by atoms with E-state index >= 15 is 0 Å². The summed E-state index contributed by atoms with van der Waals surface area (Å²) >= 11 is 0. The van der Waals surface area contributed by atoms with Crippen molar-refractivity contribution < 1.29 is 14.7 Å². The quantitative estimate of drug-likeness (QED) is 0.747. The van der Waals surface area contributed by atoms with E-state index < -0.39 is 5.97 Å². The summed E-state index contributed by atoms with van der Waals surface area (Å²) in [4.78, 5) is 30.0. The standard InChI is InChI=1S/C21H29N3O3/c1-15(2)24-18-10-4-3-9-17(18)22-21(24)16-8-7-13-23(14-16)19(25)11-5-6-12-20(26)27/h3-4,9-10,15-16H,5-8,11-14H2,1-2H3,(H,26,27). The number of likely N-dealkylation sites (tertiary alicyclic amines) is 1. The van der Waals surface area contributed by atoms with Crippen LogP contribution in [0.2, 0.25) is 0 Å². The van der Waals surface area contributed by atoms with Crippen molar-refractivity contribution in [1.29, 1.82) is 0 Å². The first-order valence-electron chi connectivity index (χ1n) is 9.93. The van der Waals surface area contributed by atoms with Crippen LogP contribution in [0.5, 0.6) is 0 Å². The fraction of sp³-hybridized carbons (Fsp3) is 0.571. The molecule has 1 fully saturated rings. The number of carbonyl (C=O) groups is 2. The number of piperidine rings is 1. The average Bonchev–Trinajstić information content (AvgIpc) is 3.05. The molecule has 1 aliphatic rings. The molecule has 1 saturated heterocycles. The van der Waals surface area contributed by atoms with Gasteiger partial charge in [-0.1, -0.05) is 12.1 Å². The van der Waals surface area contributed by atoms with E-state index in [1.165, 1.54) is 0 Å². The van der Waals surface area contributed by atoms with Gasteiger partial charge in [0.2, 0.25) is 5.91 Å². The van der Waals surface area contributed by atoms with E-state index in [0.29, 0.717) is 31.8 Å². The number of imidazole rings is 1. The number of rotatable bonds is 7. The molecule has 27 heavy (non-hydrogen) atoms. The number of unbranched alkanes of at least 4 members (excludes halogenated alkanes) is 1. The topological polar surface area (TPSA) is 75.4 Å². The maximum atomic E-state index is 12.6. The highest BCUT2D eigenvalue weighted by Gasteiger charge is 2.28. The Kier molecular flexibility index (Phi) is 6.14. The number of nitrogens with zero attached hydrogens (tertiary/aromatic N) is 3. The van der Waals surface area contributed by atoms with Crippen LogP contribution in [-0.4, -0.2) is 44.5 Å². The molecule has 0 saturated carbocycles. The molecule has 0 bridgehead atoms. The summed E-state index contributed by atoms with van der Waals surface area (Å²) in [5, 5.41) is 8.71. The molecule has 1 amide bonds. The van der Waals surface area contributed by atoms with Gasteiger partial charge >= 0.3 is 5.97 Å².